The topological polar surface area (TPSA) is 63.4 Å². The number of hydrogen-bond acceptors (Lipinski definition) is 3. The second kappa shape index (κ2) is 4.76. The van der Waals surface area contributed by atoms with E-state index in [2.05, 4.69) is 6.92 Å². The van der Waals surface area contributed by atoms with Gasteiger partial charge in [-0.05, 0) is 37.3 Å². The van der Waals surface area contributed by atoms with Crippen LogP contribution in [-0.4, -0.2) is 26.3 Å². The van der Waals surface area contributed by atoms with Gasteiger partial charge < -0.3 is 5.73 Å². The third-order valence-electron chi connectivity index (χ3n) is 3.77. The van der Waals surface area contributed by atoms with E-state index in [4.69, 9.17) is 5.73 Å². The molecule has 2 N–H and O–H groups in total. The van der Waals surface area contributed by atoms with Crippen LogP contribution in [0, 0.1) is 24.6 Å². The highest BCUT2D eigenvalue weighted by atomic mass is 32.2. The van der Waals surface area contributed by atoms with Crippen molar-refractivity contribution in [2.45, 2.75) is 25.2 Å². The summed E-state index contributed by atoms with van der Waals surface area (Å²) >= 11 is 0. The Kier molecular flexibility index (Phi) is 3.57. The van der Waals surface area contributed by atoms with Crippen molar-refractivity contribution in [1.29, 1.82) is 0 Å². The standard InChI is InChI=1S/C13H19FN2O2S/c1-8-4-10(8)7-16(3)19(17,18)13-6-11(15)5-12(14)9(13)2/h5-6,8,10H,4,7,15H2,1-3H3. The molecule has 2 rings (SSSR count). The van der Waals surface area contributed by atoms with Crippen molar-refractivity contribution in [3.05, 3.63) is 23.5 Å². The molecule has 1 aliphatic carbocycles. The van der Waals surface area contributed by atoms with Crippen molar-refractivity contribution in [2.24, 2.45) is 11.8 Å². The van der Waals surface area contributed by atoms with Gasteiger partial charge in [0.25, 0.3) is 0 Å². The Balaban J connectivity index is 2.33. The minimum atomic E-state index is -3.68. The molecule has 19 heavy (non-hydrogen) atoms. The van der Waals surface area contributed by atoms with Gasteiger partial charge in [0, 0.05) is 24.8 Å². The van der Waals surface area contributed by atoms with Crippen LogP contribution in [0.25, 0.3) is 0 Å². The van der Waals surface area contributed by atoms with E-state index in [0.29, 0.717) is 18.4 Å². The molecule has 0 aliphatic heterocycles. The number of anilines is 1. The minimum absolute atomic E-state index is 0.0409. The van der Waals surface area contributed by atoms with Crippen LogP contribution in [0.2, 0.25) is 0 Å². The van der Waals surface area contributed by atoms with Crippen molar-refractivity contribution in [3.8, 4) is 0 Å². The molecule has 0 aromatic heterocycles. The summed E-state index contributed by atoms with van der Waals surface area (Å²) in [5.74, 6) is 0.383. The highest BCUT2D eigenvalue weighted by molar-refractivity contribution is 7.89. The lowest BCUT2D eigenvalue weighted by Gasteiger charge is -2.19. The zero-order valence-electron chi connectivity index (χ0n) is 11.4. The molecule has 0 saturated heterocycles. The van der Waals surface area contributed by atoms with Crippen molar-refractivity contribution < 1.29 is 12.8 Å². The number of halogens is 1. The first kappa shape index (κ1) is 14.3. The summed E-state index contributed by atoms with van der Waals surface area (Å²) in [4.78, 5) is -0.0409. The van der Waals surface area contributed by atoms with Crippen molar-refractivity contribution >= 4 is 15.7 Å². The molecule has 2 unspecified atom stereocenters. The Morgan fingerprint density at radius 2 is 2.05 bits per heavy atom. The molecule has 2 atom stereocenters. The predicted octanol–water partition coefficient (Wildman–Crippen LogP) is 1.99. The Hall–Kier alpha value is -1.14. The zero-order chi connectivity index (χ0) is 14.4. The number of hydrogen-bond donors (Lipinski definition) is 1. The largest absolute Gasteiger partial charge is 0.399 e. The van der Waals surface area contributed by atoms with Crippen LogP contribution in [0.3, 0.4) is 0 Å². The molecule has 1 saturated carbocycles. The maximum absolute atomic E-state index is 13.6. The molecule has 0 amide bonds. The SMILES string of the molecule is Cc1c(F)cc(N)cc1S(=O)(=O)N(C)CC1CC1C. The van der Waals surface area contributed by atoms with Gasteiger partial charge in [-0.1, -0.05) is 6.92 Å². The third-order valence-corrected chi connectivity index (χ3v) is 5.72. The van der Waals surface area contributed by atoms with Crippen LogP contribution in [0.5, 0.6) is 0 Å². The van der Waals surface area contributed by atoms with Gasteiger partial charge in [-0.25, -0.2) is 17.1 Å². The molecule has 1 aliphatic rings. The normalized spacial score (nSPS) is 22.8. The first-order chi connectivity index (χ1) is 8.73. The van der Waals surface area contributed by atoms with Crippen molar-refractivity contribution in [1.82, 2.24) is 4.31 Å². The molecule has 1 fully saturated rings. The quantitative estimate of drug-likeness (QED) is 0.861. The van der Waals surface area contributed by atoms with E-state index in [-0.39, 0.29) is 16.1 Å². The molecule has 0 bridgehead atoms. The summed E-state index contributed by atoms with van der Waals surface area (Å²) in [7, 11) is -2.15. The number of nitrogens with zero attached hydrogens (tertiary/aromatic N) is 1. The van der Waals surface area contributed by atoms with E-state index < -0.39 is 15.8 Å². The van der Waals surface area contributed by atoms with Crippen LogP contribution >= 0.6 is 0 Å². The van der Waals surface area contributed by atoms with Crippen LogP contribution < -0.4 is 5.73 Å². The van der Waals surface area contributed by atoms with E-state index in [9.17, 15) is 12.8 Å². The Morgan fingerprint density at radius 1 is 1.47 bits per heavy atom. The molecular formula is C13H19FN2O2S. The molecule has 0 heterocycles. The summed E-state index contributed by atoms with van der Waals surface area (Å²) < 4.78 is 39.8. The molecule has 6 heteroatoms. The van der Waals surface area contributed by atoms with Crippen LogP contribution in [-0.2, 0) is 10.0 Å². The van der Waals surface area contributed by atoms with Crippen LogP contribution in [0.1, 0.15) is 18.9 Å². The maximum Gasteiger partial charge on any atom is 0.243 e. The maximum atomic E-state index is 13.6. The monoisotopic (exact) mass is 286 g/mol. The fourth-order valence-electron chi connectivity index (χ4n) is 2.19. The highest BCUT2D eigenvalue weighted by Crippen LogP contribution is 2.39. The van der Waals surface area contributed by atoms with Gasteiger partial charge in [-0.2, -0.15) is 0 Å². The molecule has 4 nitrogen and oxygen atoms in total. The lowest BCUT2D eigenvalue weighted by molar-refractivity contribution is 0.443. The summed E-state index contributed by atoms with van der Waals surface area (Å²) in [6, 6.07) is 2.46. The summed E-state index contributed by atoms with van der Waals surface area (Å²) in [6.07, 6.45) is 1.05. The summed E-state index contributed by atoms with van der Waals surface area (Å²) in [6.45, 7) is 4.02. The smallest absolute Gasteiger partial charge is 0.243 e. The van der Waals surface area contributed by atoms with Crippen LogP contribution in [0.4, 0.5) is 10.1 Å². The fraction of sp³-hybridized carbons (Fsp3) is 0.538. The molecule has 0 radical (unpaired) electrons. The highest BCUT2D eigenvalue weighted by Gasteiger charge is 2.36. The lowest BCUT2D eigenvalue weighted by Crippen LogP contribution is -2.30. The van der Waals surface area contributed by atoms with Gasteiger partial charge in [-0.3, -0.25) is 0 Å². The minimum Gasteiger partial charge on any atom is -0.399 e. The first-order valence-corrected chi connectivity index (χ1v) is 7.69. The van der Waals surface area contributed by atoms with Crippen molar-refractivity contribution in [2.75, 3.05) is 19.3 Å². The third kappa shape index (κ3) is 2.74. The van der Waals surface area contributed by atoms with Crippen LogP contribution in [0.15, 0.2) is 17.0 Å². The average Bonchev–Trinajstić information content (AvgIpc) is 2.99. The van der Waals surface area contributed by atoms with E-state index >= 15 is 0 Å². The predicted molar refractivity (Wildman–Crippen MR) is 72.6 cm³/mol. The zero-order valence-corrected chi connectivity index (χ0v) is 12.2. The number of benzene rings is 1. The van der Waals surface area contributed by atoms with Crippen molar-refractivity contribution in [3.63, 3.8) is 0 Å². The Morgan fingerprint density at radius 3 is 2.58 bits per heavy atom. The average molecular weight is 286 g/mol. The second-order valence-corrected chi connectivity index (χ2v) is 7.40. The lowest BCUT2D eigenvalue weighted by atomic mass is 10.2. The molecule has 106 valence electrons. The van der Waals surface area contributed by atoms with Gasteiger partial charge in [0.2, 0.25) is 10.0 Å². The summed E-state index contributed by atoms with van der Waals surface area (Å²) in [5.41, 5.74) is 5.77. The Bertz CT molecular complexity index is 601. The van der Waals surface area contributed by atoms with E-state index in [1.807, 2.05) is 0 Å². The fourth-order valence-corrected chi connectivity index (χ4v) is 3.68. The van der Waals surface area contributed by atoms with Gasteiger partial charge in [0.15, 0.2) is 0 Å². The molecule has 1 aromatic carbocycles. The van der Waals surface area contributed by atoms with E-state index in [1.54, 1.807) is 0 Å². The molecular weight excluding hydrogens is 267 g/mol. The number of sulfonamides is 1. The first-order valence-electron chi connectivity index (χ1n) is 6.25. The van der Waals surface area contributed by atoms with Gasteiger partial charge >= 0.3 is 0 Å². The second-order valence-electron chi connectivity index (χ2n) is 5.38. The van der Waals surface area contributed by atoms with Gasteiger partial charge in [-0.15, -0.1) is 0 Å². The van der Waals surface area contributed by atoms with Gasteiger partial charge in [0.05, 0.1) is 4.90 Å². The number of rotatable bonds is 4. The Labute approximate surface area is 113 Å². The summed E-state index contributed by atoms with van der Waals surface area (Å²) in [5, 5.41) is 0. The number of nitrogen functional groups attached to an aromatic ring is 1. The molecule has 0 spiro atoms. The molecule has 1 aromatic rings. The number of nitrogens with two attached hydrogens (primary N) is 1. The van der Waals surface area contributed by atoms with E-state index in [1.165, 1.54) is 24.3 Å². The van der Waals surface area contributed by atoms with E-state index in [0.717, 1.165) is 12.5 Å². The van der Waals surface area contributed by atoms with Gasteiger partial charge in [0.1, 0.15) is 5.82 Å².